The van der Waals surface area contributed by atoms with Crippen molar-refractivity contribution >= 4 is 22.2 Å². The zero-order chi connectivity index (χ0) is 10.4. The van der Waals surface area contributed by atoms with Crippen LogP contribution in [0, 0.1) is 0 Å². The van der Waals surface area contributed by atoms with Crippen LogP contribution in [0.4, 0.5) is 11.4 Å². The Hall–Kier alpha value is -1.10. The van der Waals surface area contributed by atoms with Gasteiger partial charge in [-0.1, -0.05) is 0 Å². The molecule has 0 bridgehead atoms. The van der Waals surface area contributed by atoms with Gasteiger partial charge in [-0.05, 0) is 12.5 Å². The fourth-order valence-corrected chi connectivity index (χ4v) is 1.62. The van der Waals surface area contributed by atoms with Crippen LogP contribution in [-0.4, -0.2) is 27.7 Å². The summed E-state index contributed by atoms with van der Waals surface area (Å²) in [6.07, 6.45) is 5.89. The minimum Gasteiger partial charge on any atom is -0.396 e. The Bertz CT molecular complexity index is 317. The Kier molecular flexibility index (Phi) is 4.39. The van der Waals surface area contributed by atoms with Crippen LogP contribution in [0.1, 0.15) is 6.42 Å². The van der Waals surface area contributed by atoms with Gasteiger partial charge in [-0.3, -0.25) is 9.19 Å². The molecule has 78 valence electrons. The number of nitrogens with zero attached hydrogens (tertiary/aromatic N) is 1. The van der Waals surface area contributed by atoms with Crippen molar-refractivity contribution in [1.82, 2.24) is 4.98 Å². The number of nitrogen functional groups attached to an aromatic ring is 1. The predicted molar refractivity (Wildman–Crippen MR) is 60.7 cm³/mol. The summed E-state index contributed by atoms with van der Waals surface area (Å²) in [6.45, 7) is 0.786. The molecule has 0 amide bonds. The van der Waals surface area contributed by atoms with Crippen LogP contribution >= 0.6 is 0 Å². The summed E-state index contributed by atoms with van der Waals surface area (Å²) in [5.74, 6) is 0.720. The van der Waals surface area contributed by atoms with Crippen LogP contribution in [0.5, 0.6) is 0 Å². The van der Waals surface area contributed by atoms with E-state index >= 15 is 0 Å². The third kappa shape index (κ3) is 3.74. The molecule has 0 saturated heterocycles. The second-order valence-corrected chi connectivity index (χ2v) is 4.58. The number of nitrogens with two attached hydrogens (primary N) is 1. The van der Waals surface area contributed by atoms with Crippen LogP contribution in [0.25, 0.3) is 0 Å². The summed E-state index contributed by atoms with van der Waals surface area (Å²) in [7, 11) is -0.712. The lowest BCUT2D eigenvalue weighted by atomic mass is 10.3. The van der Waals surface area contributed by atoms with E-state index in [-0.39, 0.29) is 0 Å². The summed E-state index contributed by atoms with van der Waals surface area (Å²) in [5, 5.41) is 3.17. The molecule has 0 aromatic carbocycles. The lowest BCUT2D eigenvalue weighted by molar-refractivity contribution is 0.685. The highest BCUT2D eigenvalue weighted by molar-refractivity contribution is 7.84. The normalized spacial score (nSPS) is 12.4. The molecule has 1 aromatic rings. The predicted octanol–water partition coefficient (Wildman–Crippen LogP) is 0.844. The van der Waals surface area contributed by atoms with E-state index in [9.17, 15) is 4.21 Å². The van der Waals surface area contributed by atoms with Gasteiger partial charge in [0.05, 0.1) is 17.6 Å². The Morgan fingerprint density at radius 3 is 3.07 bits per heavy atom. The molecule has 3 N–H and O–H groups in total. The highest BCUT2D eigenvalue weighted by atomic mass is 32.2. The van der Waals surface area contributed by atoms with Crippen LogP contribution in [0.3, 0.4) is 0 Å². The molecule has 1 heterocycles. The van der Waals surface area contributed by atoms with Crippen molar-refractivity contribution in [3.05, 3.63) is 18.5 Å². The molecular weight excluding hydrogens is 198 g/mol. The topological polar surface area (TPSA) is 68.0 Å². The van der Waals surface area contributed by atoms with Crippen molar-refractivity contribution in [2.75, 3.05) is 29.6 Å². The van der Waals surface area contributed by atoms with Crippen molar-refractivity contribution in [2.45, 2.75) is 6.42 Å². The molecule has 0 radical (unpaired) electrons. The van der Waals surface area contributed by atoms with Gasteiger partial charge in [0.2, 0.25) is 0 Å². The van der Waals surface area contributed by atoms with Gasteiger partial charge >= 0.3 is 0 Å². The van der Waals surface area contributed by atoms with Gasteiger partial charge in [-0.25, -0.2) is 0 Å². The molecule has 5 heteroatoms. The Labute approximate surface area is 86.4 Å². The smallest absolute Gasteiger partial charge is 0.0736 e. The summed E-state index contributed by atoms with van der Waals surface area (Å²) in [4.78, 5) is 3.89. The number of pyridine rings is 1. The van der Waals surface area contributed by atoms with Gasteiger partial charge in [0.25, 0.3) is 0 Å². The Morgan fingerprint density at radius 2 is 2.43 bits per heavy atom. The van der Waals surface area contributed by atoms with E-state index in [1.54, 1.807) is 18.6 Å². The van der Waals surface area contributed by atoms with E-state index in [2.05, 4.69) is 10.3 Å². The molecule has 14 heavy (non-hydrogen) atoms. The molecule has 1 atom stereocenters. The number of rotatable bonds is 5. The largest absolute Gasteiger partial charge is 0.396 e. The van der Waals surface area contributed by atoms with E-state index in [4.69, 9.17) is 5.73 Å². The molecule has 0 saturated carbocycles. The third-order valence-corrected chi connectivity index (χ3v) is 2.64. The molecular formula is C9H15N3OS. The van der Waals surface area contributed by atoms with Gasteiger partial charge in [0, 0.05) is 35.5 Å². The first-order valence-electron chi connectivity index (χ1n) is 4.43. The summed E-state index contributed by atoms with van der Waals surface area (Å²) in [5.41, 5.74) is 7.21. The number of hydrogen-bond acceptors (Lipinski definition) is 4. The standard InChI is InChI=1S/C9H15N3OS/c1-14(13)6-2-4-12-9-3-5-11-7-8(9)10/h3,5,7H,2,4,6,10H2,1H3,(H,11,12). The van der Waals surface area contributed by atoms with Crippen molar-refractivity contribution < 1.29 is 4.21 Å². The molecule has 0 aliphatic heterocycles. The van der Waals surface area contributed by atoms with E-state index < -0.39 is 10.8 Å². The second-order valence-electron chi connectivity index (χ2n) is 3.02. The quantitative estimate of drug-likeness (QED) is 0.711. The lowest BCUT2D eigenvalue weighted by Crippen LogP contribution is -2.07. The maximum absolute atomic E-state index is 10.8. The molecule has 0 spiro atoms. The fraction of sp³-hybridized carbons (Fsp3) is 0.444. The fourth-order valence-electron chi connectivity index (χ4n) is 1.07. The van der Waals surface area contributed by atoms with Crippen molar-refractivity contribution in [1.29, 1.82) is 0 Å². The van der Waals surface area contributed by atoms with Crippen molar-refractivity contribution in [3.63, 3.8) is 0 Å². The van der Waals surface area contributed by atoms with Crippen molar-refractivity contribution in [2.24, 2.45) is 0 Å². The lowest BCUT2D eigenvalue weighted by Gasteiger charge is -2.07. The first-order chi connectivity index (χ1) is 6.70. The average molecular weight is 213 g/mol. The van der Waals surface area contributed by atoms with Gasteiger partial charge in [-0.15, -0.1) is 0 Å². The molecule has 1 unspecified atom stereocenters. The molecule has 1 aromatic heterocycles. The van der Waals surface area contributed by atoms with Crippen LogP contribution < -0.4 is 11.1 Å². The van der Waals surface area contributed by atoms with Crippen LogP contribution in [0.15, 0.2) is 18.5 Å². The van der Waals surface area contributed by atoms with E-state index in [1.807, 2.05) is 6.07 Å². The molecule has 0 aliphatic rings. The molecule has 1 rings (SSSR count). The Balaban J connectivity index is 2.31. The minimum absolute atomic E-state index is 0.644. The molecule has 0 fully saturated rings. The summed E-state index contributed by atoms with van der Waals surface area (Å²) >= 11 is 0. The Morgan fingerprint density at radius 1 is 1.64 bits per heavy atom. The first-order valence-corrected chi connectivity index (χ1v) is 6.16. The van der Waals surface area contributed by atoms with Gasteiger partial charge in [-0.2, -0.15) is 0 Å². The van der Waals surface area contributed by atoms with Crippen molar-refractivity contribution in [3.8, 4) is 0 Å². The minimum atomic E-state index is -0.712. The van der Waals surface area contributed by atoms with Gasteiger partial charge in [0.1, 0.15) is 0 Å². The zero-order valence-electron chi connectivity index (χ0n) is 8.19. The van der Waals surface area contributed by atoms with E-state index in [0.717, 1.165) is 24.4 Å². The number of anilines is 2. The SMILES string of the molecule is CS(=O)CCCNc1ccncc1N. The molecule has 0 aliphatic carbocycles. The maximum Gasteiger partial charge on any atom is 0.0736 e. The average Bonchev–Trinajstić information content (AvgIpc) is 2.15. The number of aromatic nitrogens is 1. The maximum atomic E-state index is 10.8. The van der Waals surface area contributed by atoms with Gasteiger partial charge in [0.15, 0.2) is 0 Å². The summed E-state index contributed by atoms with van der Waals surface area (Å²) < 4.78 is 10.8. The third-order valence-electron chi connectivity index (χ3n) is 1.78. The molecule has 4 nitrogen and oxygen atoms in total. The van der Waals surface area contributed by atoms with Crippen LogP contribution in [0.2, 0.25) is 0 Å². The summed E-state index contributed by atoms with van der Waals surface area (Å²) in [6, 6.07) is 1.83. The second kappa shape index (κ2) is 5.59. The zero-order valence-corrected chi connectivity index (χ0v) is 9.01. The van der Waals surface area contributed by atoms with E-state index in [0.29, 0.717) is 5.69 Å². The monoisotopic (exact) mass is 213 g/mol. The van der Waals surface area contributed by atoms with Crippen LogP contribution in [-0.2, 0) is 10.8 Å². The van der Waals surface area contributed by atoms with E-state index in [1.165, 1.54) is 0 Å². The first kappa shape index (κ1) is 11.0. The highest BCUT2D eigenvalue weighted by Crippen LogP contribution is 2.14. The highest BCUT2D eigenvalue weighted by Gasteiger charge is 1.96. The number of nitrogens with one attached hydrogen (secondary N) is 1. The number of hydrogen-bond donors (Lipinski definition) is 2. The van der Waals surface area contributed by atoms with Gasteiger partial charge < -0.3 is 11.1 Å².